The zero-order valence-corrected chi connectivity index (χ0v) is 13.3. The van der Waals surface area contributed by atoms with Gasteiger partial charge in [0.2, 0.25) is 0 Å². The van der Waals surface area contributed by atoms with Crippen molar-refractivity contribution in [1.82, 2.24) is 4.83 Å². The number of benzene rings is 2. The maximum Gasteiger partial charge on any atom is 0.277 e. The van der Waals surface area contributed by atoms with Gasteiger partial charge >= 0.3 is 0 Å². The lowest BCUT2D eigenvalue weighted by Crippen LogP contribution is -2.20. The van der Waals surface area contributed by atoms with Crippen LogP contribution in [0, 0.1) is 5.92 Å². The first-order valence-electron chi connectivity index (χ1n) is 6.93. The second-order valence-corrected chi connectivity index (χ2v) is 7.15. The summed E-state index contributed by atoms with van der Waals surface area (Å²) in [6.07, 6.45) is 0.762. The number of nitrogens with one attached hydrogen (secondary N) is 1. The molecule has 112 valence electrons. The molecule has 5 heteroatoms. The second-order valence-electron chi connectivity index (χ2n) is 5.52. The third kappa shape index (κ3) is 3.82. The molecule has 0 heterocycles. The average molecular weight is 304 g/mol. The summed E-state index contributed by atoms with van der Waals surface area (Å²) in [7, 11) is -3.66. The van der Waals surface area contributed by atoms with Crippen molar-refractivity contribution in [2.24, 2.45) is 11.0 Å². The van der Waals surface area contributed by atoms with Gasteiger partial charge in [0.15, 0.2) is 0 Å². The van der Waals surface area contributed by atoms with E-state index in [9.17, 15) is 8.42 Å². The van der Waals surface area contributed by atoms with E-state index in [1.165, 1.54) is 0 Å². The molecule has 1 N–H and O–H groups in total. The van der Waals surface area contributed by atoms with Crippen LogP contribution in [-0.4, -0.2) is 14.1 Å². The molecular formula is C16H20N2O2S. The number of rotatable bonds is 5. The molecule has 0 saturated heterocycles. The van der Waals surface area contributed by atoms with Crippen LogP contribution in [0.1, 0.15) is 27.2 Å². The van der Waals surface area contributed by atoms with Crippen molar-refractivity contribution in [2.45, 2.75) is 32.1 Å². The van der Waals surface area contributed by atoms with Crippen LogP contribution in [0.25, 0.3) is 10.8 Å². The molecule has 0 aromatic heterocycles. The monoisotopic (exact) mass is 304 g/mol. The Balaban J connectivity index is 2.35. The highest BCUT2D eigenvalue weighted by atomic mass is 32.2. The first kappa shape index (κ1) is 15.5. The molecule has 0 saturated carbocycles. The van der Waals surface area contributed by atoms with Crippen molar-refractivity contribution in [3.8, 4) is 0 Å². The summed E-state index contributed by atoms with van der Waals surface area (Å²) in [5.74, 6) is 0.441. The van der Waals surface area contributed by atoms with Gasteiger partial charge in [-0.2, -0.15) is 13.5 Å². The number of hydrogen-bond acceptors (Lipinski definition) is 3. The standard InChI is InChI=1S/C16H20N2O2S/c1-12(2)11-13(3)17-18-21(19,20)16-10-6-8-14-7-4-5-9-15(14)16/h4-10,12,18H,11H2,1-3H3/b17-13+. The van der Waals surface area contributed by atoms with Crippen LogP contribution in [0.2, 0.25) is 0 Å². The predicted octanol–water partition coefficient (Wildman–Crippen LogP) is 3.54. The highest BCUT2D eigenvalue weighted by molar-refractivity contribution is 7.89. The Hall–Kier alpha value is -1.88. The molecule has 2 aromatic carbocycles. The molecule has 0 bridgehead atoms. The third-order valence-electron chi connectivity index (χ3n) is 3.10. The molecule has 0 unspecified atom stereocenters. The topological polar surface area (TPSA) is 58.5 Å². The largest absolute Gasteiger partial charge is 0.277 e. The van der Waals surface area contributed by atoms with E-state index in [2.05, 4.69) is 23.8 Å². The highest BCUT2D eigenvalue weighted by Gasteiger charge is 2.16. The SMILES string of the molecule is C/C(CC(C)C)=N\NS(=O)(=O)c1cccc2ccccc12. The summed E-state index contributed by atoms with van der Waals surface area (Å²) in [4.78, 5) is 2.58. The van der Waals surface area contributed by atoms with Gasteiger partial charge < -0.3 is 0 Å². The molecule has 2 aromatic rings. The van der Waals surface area contributed by atoms with Crippen LogP contribution in [0.3, 0.4) is 0 Å². The molecule has 0 aliphatic rings. The maximum atomic E-state index is 12.4. The Labute approximate surface area is 125 Å². The summed E-state index contributed by atoms with van der Waals surface area (Å²) < 4.78 is 24.8. The lowest BCUT2D eigenvalue weighted by atomic mass is 10.1. The molecule has 0 amide bonds. The van der Waals surface area contributed by atoms with Crippen molar-refractivity contribution in [1.29, 1.82) is 0 Å². The summed E-state index contributed by atoms with van der Waals surface area (Å²) in [6.45, 7) is 5.96. The number of fused-ring (bicyclic) bond motifs is 1. The number of hydrogen-bond donors (Lipinski definition) is 1. The van der Waals surface area contributed by atoms with E-state index >= 15 is 0 Å². The molecule has 0 radical (unpaired) electrons. The average Bonchev–Trinajstić information content (AvgIpc) is 2.44. The van der Waals surface area contributed by atoms with E-state index in [1.807, 2.05) is 31.2 Å². The zero-order chi connectivity index (χ0) is 15.5. The van der Waals surface area contributed by atoms with Gasteiger partial charge in [-0.1, -0.05) is 50.2 Å². The van der Waals surface area contributed by atoms with Crippen molar-refractivity contribution in [2.75, 3.05) is 0 Å². The van der Waals surface area contributed by atoms with E-state index in [0.717, 1.165) is 17.5 Å². The molecule has 0 fully saturated rings. The van der Waals surface area contributed by atoms with Crippen LogP contribution >= 0.6 is 0 Å². The fraction of sp³-hybridized carbons (Fsp3) is 0.312. The van der Waals surface area contributed by atoms with Gasteiger partial charge in [-0.3, -0.25) is 0 Å². The lowest BCUT2D eigenvalue weighted by molar-refractivity contribution is 0.584. The molecule has 0 aliphatic carbocycles. The Morgan fingerprint density at radius 3 is 2.52 bits per heavy atom. The Morgan fingerprint density at radius 1 is 1.14 bits per heavy atom. The second kappa shape index (κ2) is 6.26. The van der Waals surface area contributed by atoms with Crippen molar-refractivity contribution in [3.63, 3.8) is 0 Å². The van der Waals surface area contributed by atoms with Crippen molar-refractivity contribution < 1.29 is 8.42 Å². The smallest absolute Gasteiger partial charge is 0.200 e. The van der Waals surface area contributed by atoms with Crippen LogP contribution in [0.4, 0.5) is 0 Å². The van der Waals surface area contributed by atoms with Gasteiger partial charge in [0, 0.05) is 11.1 Å². The lowest BCUT2D eigenvalue weighted by Gasteiger charge is -2.09. The molecule has 21 heavy (non-hydrogen) atoms. The summed E-state index contributed by atoms with van der Waals surface area (Å²) >= 11 is 0. The number of hydrazone groups is 1. The number of sulfonamides is 1. The molecule has 2 rings (SSSR count). The quantitative estimate of drug-likeness (QED) is 0.678. The molecule has 0 spiro atoms. The predicted molar refractivity (Wildman–Crippen MR) is 86.8 cm³/mol. The fourth-order valence-corrected chi connectivity index (χ4v) is 3.36. The third-order valence-corrected chi connectivity index (χ3v) is 4.37. The van der Waals surface area contributed by atoms with E-state index in [-0.39, 0.29) is 4.90 Å². The van der Waals surface area contributed by atoms with E-state index in [4.69, 9.17) is 0 Å². The van der Waals surface area contributed by atoms with Gasteiger partial charge in [0.05, 0.1) is 4.90 Å². The molecule has 4 nitrogen and oxygen atoms in total. The van der Waals surface area contributed by atoms with Crippen molar-refractivity contribution >= 4 is 26.5 Å². The van der Waals surface area contributed by atoms with Crippen LogP contribution in [0.15, 0.2) is 52.5 Å². The first-order valence-corrected chi connectivity index (χ1v) is 8.41. The molecular weight excluding hydrogens is 284 g/mol. The van der Waals surface area contributed by atoms with E-state index < -0.39 is 10.0 Å². The van der Waals surface area contributed by atoms with E-state index in [1.54, 1.807) is 18.2 Å². The number of nitrogens with zero attached hydrogens (tertiary/aromatic N) is 1. The minimum atomic E-state index is -3.66. The van der Waals surface area contributed by atoms with E-state index in [0.29, 0.717) is 11.3 Å². The van der Waals surface area contributed by atoms with Crippen LogP contribution < -0.4 is 4.83 Å². The molecule has 0 aliphatic heterocycles. The minimum absolute atomic E-state index is 0.252. The van der Waals surface area contributed by atoms with Crippen LogP contribution in [-0.2, 0) is 10.0 Å². The molecule has 0 atom stereocenters. The summed E-state index contributed by atoms with van der Waals surface area (Å²) in [5, 5.41) is 5.59. The Bertz CT molecular complexity index is 759. The summed E-state index contributed by atoms with van der Waals surface area (Å²) in [5.41, 5.74) is 0.772. The van der Waals surface area contributed by atoms with Gasteiger partial charge in [-0.25, -0.2) is 4.83 Å². The zero-order valence-electron chi connectivity index (χ0n) is 12.5. The van der Waals surface area contributed by atoms with Gasteiger partial charge in [-0.15, -0.1) is 0 Å². The van der Waals surface area contributed by atoms with Gasteiger partial charge in [-0.05, 0) is 30.7 Å². The Morgan fingerprint density at radius 2 is 1.81 bits per heavy atom. The maximum absolute atomic E-state index is 12.4. The Kier molecular flexibility index (Phi) is 4.63. The minimum Gasteiger partial charge on any atom is -0.200 e. The van der Waals surface area contributed by atoms with Gasteiger partial charge in [0.1, 0.15) is 0 Å². The first-order chi connectivity index (χ1) is 9.90. The van der Waals surface area contributed by atoms with Gasteiger partial charge in [0.25, 0.3) is 10.0 Å². The highest BCUT2D eigenvalue weighted by Crippen LogP contribution is 2.22. The normalized spacial score (nSPS) is 12.9. The van der Waals surface area contributed by atoms with Crippen molar-refractivity contribution in [3.05, 3.63) is 42.5 Å². The summed E-state index contributed by atoms with van der Waals surface area (Å²) in [6, 6.07) is 12.6. The van der Waals surface area contributed by atoms with Crippen LogP contribution in [0.5, 0.6) is 0 Å². The fourth-order valence-electron chi connectivity index (χ4n) is 2.25.